The summed E-state index contributed by atoms with van der Waals surface area (Å²) in [7, 11) is 1.75. The molecule has 4 heteroatoms. The van der Waals surface area contributed by atoms with E-state index >= 15 is 0 Å². The number of nitrogens with one attached hydrogen (secondary N) is 1. The number of amides is 1. The van der Waals surface area contributed by atoms with Crippen molar-refractivity contribution in [2.24, 2.45) is 5.92 Å². The zero-order valence-electron chi connectivity index (χ0n) is 14.3. The number of carbonyl (C=O) groups excluding carboxylic acids is 1. The van der Waals surface area contributed by atoms with Gasteiger partial charge in [-0.2, -0.15) is 0 Å². The summed E-state index contributed by atoms with van der Waals surface area (Å²) in [6.45, 7) is 4.91. The molecular weight excluding hydrogens is 288 g/mol. The van der Waals surface area contributed by atoms with E-state index in [-0.39, 0.29) is 5.91 Å². The highest BCUT2D eigenvalue weighted by Crippen LogP contribution is 2.16. The summed E-state index contributed by atoms with van der Waals surface area (Å²) < 4.78 is 5.12. The average molecular weight is 318 g/mol. The Kier molecular flexibility index (Phi) is 8.12. The summed E-state index contributed by atoms with van der Waals surface area (Å²) in [6.07, 6.45) is 4.88. The first kappa shape index (κ1) is 18.0. The topological polar surface area (TPSA) is 41.6 Å². The lowest BCUT2D eigenvalue weighted by molar-refractivity contribution is -0.121. The molecule has 1 aromatic rings. The molecule has 4 nitrogen and oxygen atoms in total. The number of methoxy groups -OCH3 is 1. The van der Waals surface area contributed by atoms with Gasteiger partial charge in [0.25, 0.3) is 0 Å². The van der Waals surface area contributed by atoms with E-state index in [1.165, 1.54) is 18.4 Å². The third kappa shape index (κ3) is 7.14. The fourth-order valence-electron chi connectivity index (χ4n) is 3.08. The fourth-order valence-corrected chi connectivity index (χ4v) is 3.08. The molecule has 1 heterocycles. The second kappa shape index (κ2) is 10.4. The number of hydrogen-bond acceptors (Lipinski definition) is 3. The fraction of sp³-hybridized carbons (Fsp3) is 0.632. The highest BCUT2D eigenvalue weighted by atomic mass is 16.5. The first-order chi connectivity index (χ1) is 11.3. The predicted molar refractivity (Wildman–Crippen MR) is 93.4 cm³/mol. The van der Waals surface area contributed by atoms with E-state index in [0.717, 1.165) is 45.6 Å². The number of likely N-dealkylation sites (tertiary alicyclic amines) is 1. The molecule has 0 aliphatic carbocycles. The second-order valence-electron chi connectivity index (χ2n) is 6.42. The largest absolute Gasteiger partial charge is 0.383 e. The zero-order valence-corrected chi connectivity index (χ0v) is 14.3. The maximum Gasteiger partial charge on any atom is 0.220 e. The molecule has 1 fully saturated rings. The molecule has 0 unspecified atom stereocenters. The molecule has 0 radical (unpaired) electrons. The van der Waals surface area contributed by atoms with Crippen molar-refractivity contribution in [2.75, 3.05) is 39.9 Å². The summed E-state index contributed by atoms with van der Waals surface area (Å²) in [4.78, 5) is 14.4. The molecule has 1 N–H and O–H groups in total. The summed E-state index contributed by atoms with van der Waals surface area (Å²) >= 11 is 0. The van der Waals surface area contributed by atoms with Crippen LogP contribution in [-0.4, -0.2) is 50.7 Å². The predicted octanol–water partition coefficient (Wildman–Crippen LogP) is 2.48. The summed E-state index contributed by atoms with van der Waals surface area (Å²) in [5.41, 5.74) is 1.31. The van der Waals surface area contributed by atoms with Gasteiger partial charge in [0.2, 0.25) is 5.91 Å². The number of hydrogen-bond donors (Lipinski definition) is 1. The Bertz CT molecular complexity index is 442. The van der Waals surface area contributed by atoms with Crippen molar-refractivity contribution >= 4 is 5.91 Å². The molecule has 0 atom stereocenters. The van der Waals surface area contributed by atoms with Crippen LogP contribution < -0.4 is 5.32 Å². The minimum atomic E-state index is 0.197. The molecule has 1 aliphatic rings. The van der Waals surface area contributed by atoms with Gasteiger partial charge in [0.05, 0.1) is 6.61 Å². The van der Waals surface area contributed by atoms with Gasteiger partial charge in [-0.3, -0.25) is 4.79 Å². The van der Waals surface area contributed by atoms with Crippen LogP contribution in [0.1, 0.15) is 31.2 Å². The van der Waals surface area contributed by atoms with Crippen molar-refractivity contribution in [3.8, 4) is 0 Å². The number of ether oxygens (including phenoxy) is 1. The normalized spacial score (nSPS) is 16.4. The van der Waals surface area contributed by atoms with Crippen LogP contribution in [-0.2, 0) is 16.0 Å². The monoisotopic (exact) mass is 318 g/mol. The molecule has 1 aliphatic heterocycles. The van der Waals surface area contributed by atoms with Gasteiger partial charge >= 0.3 is 0 Å². The minimum Gasteiger partial charge on any atom is -0.383 e. The van der Waals surface area contributed by atoms with E-state index in [9.17, 15) is 4.79 Å². The zero-order chi connectivity index (χ0) is 16.3. The van der Waals surface area contributed by atoms with Crippen LogP contribution in [0.2, 0.25) is 0 Å². The number of carbonyl (C=O) groups is 1. The van der Waals surface area contributed by atoms with Gasteiger partial charge in [-0.25, -0.2) is 0 Å². The van der Waals surface area contributed by atoms with E-state index in [4.69, 9.17) is 4.74 Å². The standard InChI is InChI=1S/C19H30N2O2/c1-23-15-14-21-12-10-18(11-13-21)16-20-19(22)9-5-8-17-6-3-2-4-7-17/h2-4,6-7,18H,5,8-16H2,1H3,(H,20,22). The van der Waals surface area contributed by atoms with Crippen molar-refractivity contribution in [3.63, 3.8) is 0 Å². The van der Waals surface area contributed by atoms with E-state index in [0.29, 0.717) is 12.3 Å². The first-order valence-electron chi connectivity index (χ1n) is 8.80. The second-order valence-corrected chi connectivity index (χ2v) is 6.42. The molecule has 128 valence electrons. The van der Waals surface area contributed by atoms with Gasteiger partial charge in [0.1, 0.15) is 0 Å². The third-order valence-electron chi connectivity index (χ3n) is 4.62. The van der Waals surface area contributed by atoms with E-state index in [1.54, 1.807) is 7.11 Å². The molecule has 0 spiro atoms. The number of nitrogens with zero attached hydrogens (tertiary/aromatic N) is 1. The lowest BCUT2D eigenvalue weighted by Gasteiger charge is -2.31. The smallest absolute Gasteiger partial charge is 0.220 e. The van der Waals surface area contributed by atoms with Gasteiger partial charge < -0.3 is 15.0 Å². The lowest BCUT2D eigenvalue weighted by Crippen LogP contribution is -2.39. The highest BCUT2D eigenvalue weighted by molar-refractivity contribution is 5.75. The SMILES string of the molecule is COCCN1CCC(CNC(=O)CCCc2ccccc2)CC1. The van der Waals surface area contributed by atoms with Gasteiger partial charge in [0.15, 0.2) is 0 Å². The van der Waals surface area contributed by atoms with Crippen molar-refractivity contribution in [1.29, 1.82) is 0 Å². The maximum atomic E-state index is 11.9. The van der Waals surface area contributed by atoms with Crippen LogP contribution in [0.25, 0.3) is 0 Å². The molecule has 1 aromatic carbocycles. The minimum absolute atomic E-state index is 0.197. The maximum absolute atomic E-state index is 11.9. The van der Waals surface area contributed by atoms with E-state index < -0.39 is 0 Å². The Morgan fingerprint density at radius 2 is 2.00 bits per heavy atom. The Morgan fingerprint density at radius 1 is 1.26 bits per heavy atom. The highest BCUT2D eigenvalue weighted by Gasteiger charge is 2.19. The average Bonchev–Trinajstić information content (AvgIpc) is 2.60. The Morgan fingerprint density at radius 3 is 2.70 bits per heavy atom. The van der Waals surface area contributed by atoms with Gasteiger partial charge in [-0.05, 0) is 50.3 Å². The van der Waals surface area contributed by atoms with Gasteiger partial charge in [-0.15, -0.1) is 0 Å². The molecule has 23 heavy (non-hydrogen) atoms. The Hall–Kier alpha value is -1.39. The van der Waals surface area contributed by atoms with Crippen LogP contribution >= 0.6 is 0 Å². The summed E-state index contributed by atoms with van der Waals surface area (Å²) in [5, 5.41) is 3.11. The third-order valence-corrected chi connectivity index (χ3v) is 4.62. The number of piperidine rings is 1. The Labute approximate surface area is 140 Å². The van der Waals surface area contributed by atoms with Crippen molar-refractivity contribution in [3.05, 3.63) is 35.9 Å². The van der Waals surface area contributed by atoms with E-state index in [2.05, 4.69) is 34.5 Å². The van der Waals surface area contributed by atoms with Crippen molar-refractivity contribution < 1.29 is 9.53 Å². The molecule has 0 saturated carbocycles. The molecule has 0 bridgehead atoms. The molecule has 2 rings (SSSR count). The van der Waals surface area contributed by atoms with Crippen LogP contribution in [0.3, 0.4) is 0 Å². The van der Waals surface area contributed by atoms with Gasteiger partial charge in [0, 0.05) is 26.6 Å². The number of aryl methyl sites for hydroxylation is 1. The number of benzene rings is 1. The van der Waals surface area contributed by atoms with Gasteiger partial charge in [-0.1, -0.05) is 30.3 Å². The van der Waals surface area contributed by atoms with Crippen LogP contribution in [0.5, 0.6) is 0 Å². The quantitative estimate of drug-likeness (QED) is 0.760. The Balaban J connectivity index is 1.53. The first-order valence-corrected chi connectivity index (χ1v) is 8.80. The lowest BCUT2D eigenvalue weighted by atomic mass is 9.96. The summed E-state index contributed by atoms with van der Waals surface area (Å²) in [5.74, 6) is 0.828. The van der Waals surface area contributed by atoms with Crippen molar-refractivity contribution in [2.45, 2.75) is 32.1 Å². The van der Waals surface area contributed by atoms with Crippen LogP contribution in [0.15, 0.2) is 30.3 Å². The molecule has 1 amide bonds. The van der Waals surface area contributed by atoms with Crippen LogP contribution in [0, 0.1) is 5.92 Å². The van der Waals surface area contributed by atoms with Crippen molar-refractivity contribution in [1.82, 2.24) is 10.2 Å². The molecule has 0 aromatic heterocycles. The molecular formula is C19H30N2O2. The summed E-state index contributed by atoms with van der Waals surface area (Å²) in [6, 6.07) is 10.4. The number of rotatable bonds is 9. The van der Waals surface area contributed by atoms with E-state index in [1.807, 2.05) is 6.07 Å². The molecule has 1 saturated heterocycles. The van der Waals surface area contributed by atoms with Crippen LogP contribution in [0.4, 0.5) is 0 Å².